The zero-order valence-corrected chi connectivity index (χ0v) is 10.9. The minimum Gasteiger partial charge on any atom is -0.313 e. The molecule has 3 nitrogen and oxygen atoms in total. The molecule has 4 heteroatoms. The van der Waals surface area contributed by atoms with Crippen LogP contribution in [-0.4, -0.2) is 16.8 Å². The average molecular weight is 247 g/mol. The van der Waals surface area contributed by atoms with Gasteiger partial charge >= 0.3 is 0 Å². The van der Waals surface area contributed by atoms with Crippen LogP contribution in [0.2, 0.25) is 0 Å². The van der Waals surface area contributed by atoms with Crippen molar-refractivity contribution in [3.05, 3.63) is 53.1 Å². The lowest BCUT2D eigenvalue weighted by atomic mass is 9.98. The number of likely N-dealkylation sites (N-methyl/N-ethyl adjacent to an activating group) is 1. The smallest absolute Gasteiger partial charge is 0.130 e. The molecule has 0 radical (unpaired) electrons. The Kier molecular flexibility index (Phi) is 3.77. The first-order chi connectivity index (χ1) is 8.61. The third-order valence-corrected chi connectivity index (χ3v) is 3.14. The van der Waals surface area contributed by atoms with Gasteiger partial charge in [-0.3, -0.25) is 4.68 Å². The van der Waals surface area contributed by atoms with Crippen molar-refractivity contribution in [1.82, 2.24) is 15.1 Å². The maximum Gasteiger partial charge on any atom is 0.130 e. The van der Waals surface area contributed by atoms with Gasteiger partial charge in [-0.1, -0.05) is 18.2 Å². The summed E-state index contributed by atoms with van der Waals surface area (Å²) in [6, 6.07) is 5.48. The van der Waals surface area contributed by atoms with Gasteiger partial charge in [-0.25, -0.2) is 4.39 Å². The number of aromatic nitrogens is 2. The Bertz CT molecular complexity index is 534. The van der Waals surface area contributed by atoms with E-state index in [0.717, 1.165) is 12.0 Å². The summed E-state index contributed by atoms with van der Waals surface area (Å²) in [5, 5.41) is 7.30. The number of hydrogen-bond donors (Lipinski definition) is 1. The van der Waals surface area contributed by atoms with Crippen LogP contribution in [0, 0.1) is 12.7 Å². The van der Waals surface area contributed by atoms with E-state index in [4.69, 9.17) is 0 Å². The van der Waals surface area contributed by atoms with Crippen LogP contribution < -0.4 is 5.32 Å². The number of nitrogens with one attached hydrogen (secondary N) is 1. The molecule has 0 saturated carbocycles. The van der Waals surface area contributed by atoms with E-state index >= 15 is 0 Å². The Balaban J connectivity index is 2.25. The maximum atomic E-state index is 14.1. The third-order valence-electron chi connectivity index (χ3n) is 3.14. The molecule has 0 saturated heterocycles. The van der Waals surface area contributed by atoms with Gasteiger partial charge in [-0.2, -0.15) is 5.10 Å². The summed E-state index contributed by atoms with van der Waals surface area (Å²) >= 11 is 0. The van der Waals surface area contributed by atoms with Gasteiger partial charge in [0.1, 0.15) is 5.82 Å². The molecular weight excluding hydrogens is 229 g/mol. The van der Waals surface area contributed by atoms with Gasteiger partial charge < -0.3 is 5.32 Å². The van der Waals surface area contributed by atoms with Crippen molar-refractivity contribution in [2.45, 2.75) is 19.4 Å². The fourth-order valence-electron chi connectivity index (χ4n) is 2.12. The van der Waals surface area contributed by atoms with E-state index in [1.54, 1.807) is 17.7 Å². The standard InChI is InChI=1S/C14H18FN3/c1-10-5-4-6-12(14(10)15)13(16-2)7-11-8-17-18(3)9-11/h4-6,8-9,13,16H,7H2,1-3H3. The van der Waals surface area contributed by atoms with Crippen LogP contribution >= 0.6 is 0 Å². The monoisotopic (exact) mass is 247 g/mol. The van der Waals surface area contributed by atoms with Crippen molar-refractivity contribution in [3.63, 3.8) is 0 Å². The second-order valence-corrected chi connectivity index (χ2v) is 4.55. The molecule has 1 unspecified atom stereocenters. The summed E-state index contributed by atoms with van der Waals surface area (Å²) in [5.41, 5.74) is 2.48. The minimum absolute atomic E-state index is 0.0332. The molecule has 96 valence electrons. The summed E-state index contributed by atoms with van der Waals surface area (Å²) in [7, 11) is 3.73. The van der Waals surface area contributed by atoms with Gasteiger partial charge in [0.15, 0.2) is 0 Å². The Hall–Kier alpha value is -1.68. The lowest BCUT2D eigenvalue weighted by Crippen LogP contribution is -2.20. The first-order valence-electron chi connectivity index (χ1n) is 6.01. The number of hydrogen-bond acceptors (Lipinski definition) is 2. The number of aryl methyl sites for hydroxylation is 2. The highest BCUT2D eigenvalue weighted by molar-refractivity contribution is 5.28. The highest BCUT2D eigenvalue weighted by atomic mass is 19.1. The Morgan fingerprint density at radius 3 is 2.83 bits per heavy atom. The van der Waals surface area contributed by atoms with E-state index in [1.165, 1.54) is 0 Å². The normalized spacial score (nSPS) is 12.7. The van der Waals surface area contributed by atoms with E-state index in [2.05, 4.69) is 10.4 Å². The highest BCUT2D eigenvalue weighted by Gasteiger charge is 2.16. The van der Waals surface area contributed by atoms with Crippen molar-refractivity contribution in [3.8, 4) is 0 Å². The third kappa shape index (κ3) is 2.59. The molecule has 0 bridgehead atoms. The van der Waals surface area contributed by atoms with E-state index in [9.17, 15) is 4.39 Å². The quantitative estimate of drug-likeness (QED) is 0.899. The Morgan fingerprint density at radius 2 is 2.22 bits per heavy atom. The summed E-state index contributed by atoms with van der Waals surface area (Å²) < 4.78 is 15.8. The Labute approximate surface area is 107 Å². The average Bonchev–Trinajstić information content (AvgIpc) is 2.76. The van der Waals surface area contributed by atoms with Crippen molar-refractivity contribution in [2.75, 3.05) is 7.05 Å². The number of rotatable bonds is 4. The number of benzene rings is 1. The highest BCUT2D eigenvalue weighted by Crippen LogP contribution is 2.22. The maximum absolute atomic E-state index is 14.1. The van der Waals surface area contributed by atoms with Crippen LogP contribution in [0.25, 0.3) is 0 Å². The van der Waals surface area contributed by atoms with Crippen molar-refractivity contribution in [1.29, 1.82) is 0 Å². The molecule has 1 aromatic heterocycles. The van der Waals surface area contributed by atoms with Crippen LogP contribution in [0.4, 0.5) is 4.39 Å². The molecule has 0 aliphatic rings. The molecule has 1 heterocycles. The first-order valence-corrected chi connectivity index (χ1v) is 6.01. The summed E-state index contributed by atoms with van der Waals surface area (Å²) in [5.74, 6) is -0.124. The lowest BCUT2D eigenvalue weighted by Gasteiger charge is -2.17. The van der Waals surface area contributed by atoms with E-state index in [-0.39, 0.29) is 11.9 Å². The fraction of sp³-hybridized carbons (Fsp3) is 0.357. The number of nitrogens with zero attached hydrogens (tertiary/aromatic N) is 2. The molecule has 0 fully saturated rings. The number of halogens is 1. The van der Waals surface area contributed by atoms with E-state index in [1.807, 2.05) is 38.6 Å². The molecule has 1 aromatic carbocycles. The largest absolute Gasteiger partial charge is 0.313 e. The minimum atomic E-state index is -0.124. The molecule has 0 aliphatic heterocycles. The lowest BCUT2D eigenvalue weighted by molar-refractivity contribution is 0.529. The fourth-order valence-corrected chi connectivity index (χ4v) is 2.12. The van der Waals surface area contributed by atoms with Gasteiger partial charge in [0.25, 0.3) is 0 Å². The molecule has 1 N–H and O–H groups in total. The molecule has 2 rings (SSSR count). The second-order valence-electron chi connectivity index (χ2n) is 4.55. The van der Waals surface area contributed by atoms with Crippen molar-refractivity contribution < 1.29 is 4.39 Å². The summed E-state index contributed by atoms with van der Waals surface area (Å²) in [6.07, 6.45) is 4.50. The van der Waals surface area contributed by atoms with Gasteiger partial charge in [-0.15, -0.1) is 0 Å². The SMILES string of the molecule is CNC(Cc1cnn(C)c1)c1cccc(C)c1F. The summed E-state index contributed by atoms with van der Waals surface area (Å²) in [6.45, 7) is 1.79. The van der Waals surface area contributed by atoms with E-state index < -0.39 is 0 Å². The zero-order valence-electron chi connectivity index (χ0n) is 10.9. The molecular formula is C14H18FN3. The molecule has 0 aliphatic carbocycles. The van der Waals surface area contributed by atoms with Crippen molar-refractivity contribution >= 4 is 0 Å². The van der Waals surface area contributed by atoms with Crippen LogP contribution in [-0.2, 0) is 13.5 Å². The predicted octanol–water partition coefficient (Wildman–Crippen LogP) is 2.37. The van der Waals surface area contributed by atoms with Crippen LogP contribution in [0.15, 0.2) is 30.6 Å². The molecule has 2 aromatic rings. The molecule has 0 amide bonds. The predicted molar refractivity (Wildman–Crippen MR) is 69.8 cm³/mol. The molecule has 18 heavy (non-hydrogen) atoms. The zero-order chi connectivity index (χ0) is 13.1. The molecule has 0 spiro atoms. The van der Waals surface area contributed by atoms with Crippen LogP contribution in [0.3, 0.4) is 0 Å². The van der Waals surface area contributed by atoms with Gasteiger partial charge in [-0.05, 0) is 31.5 Å². The van der Waals surface area contributed by atoms with Gasteiger partial charge in [0.2, 0.25) is 0 Å². The first kappa shape index (κ1) is 12.8. The van der Waals surface area contributed by atoms with Crippen LogP contribution in [0.1, 0.15) is 22.7 Å². The van der Waals surface area contributed by atoms with Crippen LogP contribution in [0.5, 0.6) is 0 Å². The topological polar surface area (TPSA) is 29.9 Å². The second kappa shape index (κ2) is 5.31. The van der Waals surface area contributed by atoms with Crippen molar-refractivity contribution in [2.24, 2.45) is 7.05 Å². The Morgan fingerprint density at radius 1 is 1.44 bits per heavy atom. The summed E-state index contributed by atoms with van der Waals surface area (Å²) in [4.78, 5) is 0. The van der Waals surface area contributed by atoms with Gasteiger partial charge in [0, 0.05) is 24.8 Å². The van der Waals surface area contributed by atoms with E-state index in [0.29, 0.717) is 11.1 Å². The molecule has 1 atom stereocenters. The van der Waals surface area contributed by atoms with Gasteiger partial charge in [0.05, 0.1) is 6.20 Å².